The van der Waals surface area contributed by atoms with Gasteiger partial charge in [0.2, 0.25) is 0 Å². The molecule has 0 unspecified atom stereocenters. The van der Waals surface area contributed by atoms with Crippen molar-refractivity contribution in [3.05, 3.63) is 34.1 Å². The van der Waals surface area contributed by atoms with Gasteiger partial charge in [0, 0.05) is 28.7 Å². The first-order valence-electron chi connectivity index (χ1n) is 6.38. The Morgan fingerprint density at radius 2 is 2.22 bits per heavy atom. The van der Waals surface area contributed by atoms with Crippen molar-refractivity contribution in [2.45, 2.75) is 32.4 Å². The third-order valence-electron chi connectivity index (χ3n) is 3.28. The first kappa shape index (κ1) is 14.0. The third kappa shape index (κ3) is 3.77. The summed E-state index contributed by atoms with van der Waals surface area (Å²) in [5.74, 6) is -0.126. The minimum atomic E-state index is -0.126. The summed E-state index contributed by atoms with van der Waals surface area (Å²) in [5.41, 5.74) is 0.874. The fraction of sp³-hybridized carbons (Fsp3) is 0.571. The van der Waals surface area contributed by atoms with Crippen LogP contribution in [0.25, 0.3) is 0 Å². The monoisotopic (exact) mass is 314 g/mol. The average molecular weight is 315 g/mol. The highest BCUT2D eigenvalue weighted by Gasteiger charge is 2.24. The summed E-state index contributed by atoms with van der Waals surface area (Å²) < 4.78 is 14.6. The number of hydrogen-bond donors (Lipinski definition) is 1. The second-order valence-corrected chi connectivity index (χ2v) is 6.53. The predicted octanol–water partition coefficient (Wildman–Crippen LogP) is 3.16. The molecule has 1 fully saturated rings. The normalized spacial score (nSPS) is 20.7. The molecule has 0 spiro atoms. The van der Waals surface area contributed by atoms with Crippen LogP contribution in [-0.4, -0.2) is 30.1 Å². The van der Waals surface area contributed by atoms with E-state index in [2.05, 4.69) is 40.0 Å². The maximum absolute atomic E-state index is 13.8. The summed E-state index contributed by atoms with van der Waals surface area (Å²) in [4.78, 5) is 2.33. The lowest BCUT2D eigenvalue weighted by Crippen LogP contribution is -2.46. The van der Waals surface area contributed by atoms with Crippen LogP contribution in [0.3, 0.4) is 0 Å². The van der Waals surface area contributed by atoms with Crippen molar-refractivity contribution < 1.29 is 4.39 Å². The molecule has 0 aromatic heterocycles. The van der Waals surface area contributed by atoms with Crippen LogP contribution in [0.4, 0.5) is 4.39 Å². The third-order valence-corrected chi connectivity index (χ3v) is 3.78. The van der Waals surface area contributed by atoms with E-state index in [1.165, 1.54) is 6.07 Å². The molecule has 1 aromatic carbocycles. The van der Waals surface area contributed by atoms with Gasteiger partial charge in [0.15, 0.2) is 0 Å². The first-order chi connectivity index (χ1) is 8.46. The van der Waals surface area contributed by atoms with E-state index < -0.39 is 0 Å². The zero-order chi connectivity index (χ0) is 13.2. The van der Waals surface area contributed by atoms with Crippen molar-refractivity contribution in [3.63, 3.8) is 0 Å². The molecule has 100 valence electrons. The maximum atomic E-state index is 13.8. The van der Waals surface area contributed by atoms with Gasteiger partial charge in [0.05, 0.1) is 0 Å². The van der Waals surface area contributed by atoms with Gasteiger partial charge in [-0.25, -0.2) is 4.39 Å². The Labute approximate surface area is 117 Å². The lowest BCUT2D eigenvalue weighted by molar-refractivity contribution is 0.221. The Kier molecular flexibility index (Phi) is 4.41. The van der Waals surface area contributed by atoms with Crippen molar-refractivity contribution in [2.24, 2.45) is 0 Å². The van der Waals surface area contributed by atoms with E-state index in [-0.39, 0.29) is 11.4 Å². The quantitative estimate of drug-likeness (QED) is 0.902. The van der Waals surface area contributed by atoms with E-state index >= 15 is 0 Å². The maximum Gasteiger partial charge on any atom is 0.128 e. The number of nitrogens with one attached hydrogen (secondary N) is 1. The van der Waals surface area contributed by atoms with Gasteiger partial charge in [0.25, 0.3) is 0 Å². The molecule has 2 rings (SSSR count). The Balaban J connectivity index is 2.07. The van der Waals surface area contributed by atoms with Gasteiger partial charge in [-0.2, -0.15) is 0 Å². The van der Waals surface area contributed by atoms with E-state index in [4.69, 9.17) is 0 Å². The zero-order valence-corrected chi connectivity index (χ0v) is 12.6. The molecular formula is C14H20BrFN2. The SMILES string of the molecule is CC1(C)CN(Cc2ccc(Br)cc2F)CCCN1. The number of rotatable bonds is 2. The van der Waals surface area contributed by atoms with Crippen LogP contribution in [0.1, 0.15) is 25.8 Å². The van der Waals surface area contributed by atoms with Gasteiger partial charge in [-0.1, -0.05) is 22.0 Å². The highest BCUT2D eigenvalue weighted by Crippen LogP contribution is 2.19. The van der Waals surface area contributed by atoms with Crippen molar-refractivity contribution in [1.29, 1.82) is 0 Å². The molecule has 0 aliphatic carbocycles. The van der Waals surface area contributed by atoms with E-state index in [1.807, 2.05) is 12.1 Å². The van der Waals surface area contributed by atoms with Crippen LogP contribution in [0.2, 0.25) is 0 Å². The van der Waals surface area contributed by atoms with Crippen molar-refractivity contribution in [2.75, 3.05) is 19.6 Å². The Morgan fingerprint density at radius 1 is 1.44 bits per heavy atom. The second kappa shape index (κ2) is 5.68. The smallest absolute Gasteiger partial charge is 0.128 e. The minimum Gasteiger partial charge on any atom is -0.310 e. The van der Waals surface area contributed by atoms with Gasteiger partial charge in [-0.15, -0.1) is 0 Å². The summed E-state index contributed by atoms with van der Waals surface area (Å²) >= 11 is 3.29. The number of benzene rings is 1. The van der Waals surface area contributed by atoms with Crippen LogP contribution >= 0.6 is 15.9 Å². The molecule has 1 aromatic rings. The van der Waals surface area contributed by atoms with Gasteiger partial charge in [0.1, 0.15) is 5.82 Å². The van der Waals surface area contributed by atoms with E-state index in [9.17, 15) is 4.39 Å². The molecule has 2 nitrogen and oxygen atoms in total. The van der Waals surface area contributed by atoms with Gasteiger partial charge >= 0.3 is 0 Å². The van der Waals surface area contributed by atoms with Gasteiger partial charge in [-0.05, 0) is 45.5 Å². The van der Waals surface area contributed by atoms with Crippen molar-refractivity contribution in [3.8, 4) is 0 Å². The van der Waals surface area contributed by atoms with Crippen molar-refractivity contribution >= 4 is 15.9 Å². The van der Waals surface area contributed by atoms with Crippen LogP contribution in [0.15, 0.2) is 22.7 Å². The number of halogens is 2. The molecule has 1 saturated heterocycles. The largest absolute Gasteiger partial charge is 0.310 e. The molecule has 0 amide bonds. The summed E-state index contributed by atoms with van der Waals surface area (Å²) in [6, 6.07) is 5.31. The Bertz CT molecular complexity index is 420. The molecule has 1 heterocycles. The summed E-state index contributed by atoms with van der Waals surface area (Å²) in [6.07, 6.45) is 1.11. The van der Waals surface area contributed by atoms with Crippen molar-refractivity contribution in [1.82, 2.24) is 10.2 Å². The topological polar surface area (TPSA) is 15.3 Å². The zero-order valence-electron chi connectivity index (χ0n) is 11.0. The van der Waals surface area contributed by atoms with E-state index in [0.29, 0.717) is 6.54 Å². The Morgan fingerprint density at radius 3 is 2.94 bits per heavy atom. The standard InChI is InChI=1S/C14H20BrFN2/c1-14(2)10-18(7-3-6-17-14)9-11-4-5-12(15)8-13(11)16/h4-5,8,17H,3,6-7,9-10H2,1-2H3. The molecule has 0 saturated carbocycles. The molecule has 18 heavy (non-hydrogen) atoms. The van der Waals surface area contributed by atoms with E-state index in [0.717, 1.165) is 36.1 Å². The lowest BCUT2D eigenvalue weighted by Gasteiger charge is -2.30. The minimum absolute atomic E-state index is 0.0995. The second-order valence-electron chi connectivity index (χ2n) is 5.61. The molecular weight excluding hydrogens is 295 g/mol. The van der Waals surface area contributed by atoms with Gasteiger partial charge in [-0.3, -0.25) is 4.90 Å². The highest BCUT2D eigenvalue weighted by molar-refractivity contribution is 9.10. The highest BCUT2D eigenvalue weighted by atomic mass is 79.9. The van der Waals surface area contributed by atoms with Crippen LogP contribution in [-0.2, 0) is 6.54 Å². The fourth-order valence-electron chi connectivity index (χ4n) is 2.45. The molecule has 4 heteroatoms. The fourth-order valence-corrected chi connectivity index (χ4v) is 2.78. The van der Waals surface area contributed by atoms with Crippen LogP contribution in [0, 0.1) is 5.82 Å². The molecule has 0 bridgehead atoms. The Hall–Kier alpha value is -0.450. The average Bonchev–Trinajstić information content (AvgIpc) is 2.43. The number of hydrogen-bond acceptors (Lipinski definition) is 2. The summed E-state index contributed by atoms with van der Waals surface area (Å²) in [6.45, 7) is 8.08. The summed E-state index contributed by atoms with van der Waals surface area (Å²) in [7, 11) is 0. The molecule has 1 N–H and O–H groups in total. The predicted molar refractivity (Wildman–Crippen MR) is 76.1 cm³/mol. The lowest BCUT2D eigenvalue weighted by atomic mass is 10.1. The van der Waals surface area contributed by atoms with E-state index in [1.54, 1.807) is 0 Å². The van der Waals surface area contributed by atoms with Crippen LogP contribution in [0.5, 0.6) is 0 Å². The molecule has 0 atom stereocenters. The summed E-state index contributed by atoms with van der Waals surface area (Å²) in [5, 5.41) is 3.52. The molecule has 1 aliphatic rings. The first-order valence-corrected chi connectivity index (χ1v) is 7.17. The van der Waals surface area contributed by atoms with Crippen LogP contribution < -0.4 is 5.32 Å². The molecule has 0 radical (unpaired) electrons. The number of nitrogens with zero attached hydrogens (tertiary/aromatic N) is 1. The van der Waals surface area contributed by atoms with Gasteiger partial charge < -0.3 is 5.32 Å². The molecule has 1 aliphatic heterocycles.